The van der Waals surface area contributed by atoms with Crippen molar-refractivity contribution in [3.8, 4) is 0 Å². The standard InChI is InChI=1S/C13H12Cl2N2O/c14-9-1-2-11(15)10(7-9)12(18)5-8-3-4-17-13(16)6-8/h1-4,6-7,12,18H,5H2,(H2,16,17). The number of hydrogen-bond acceptors (Lipinski definition) is 3. The van der Waals surface area contributed by atoms with Gasteiger partial charge in [-0.1, -0.05) is 23.2 Å². The molecule has 0 saturated heterocycles. The van der Waals surface area contributed by atoms with Crippen LogP contribution < -0.4 is 5.73 Å². The molecular formula is C13H12Cl2N2O. The molecule has 1 atom stereocenters. The van der Waals surface area contributed by atoms with Gasteiger partial charge in [0, 0.05) is 28.2 Å². The maximum Gasteiger partial charge on any atom is 0.123 e. The molecule has 0 radical (unpaired) electrons. The van der Waals surface area contributed by atoms with Gasteiger partial charge >= 0.3 is 0 Å². The first-order chi connectivity index (χ1) is 8.56. The van der Waals surface area contributed by atoms with Crippen molar-refractivity contribution in [1.29, 1.82) is 0 Å². The van der Waals surface area contributed by atoms with Crippen molar-refractivity contribution in [2.75, 3.05) is 5.73 Å². The Hall–Kier alpha value is -1.29. The third-order valence-corrected chi connectivity index (χ3v) is 3.17. The third-order valence-electron chi connectivity index (χ3n) is 2.59. The summed E-state index contributed by atoms with van der Waals surface area (Å²) in [6.45, 7) is 0. The van der Waals surface area contributed by atoms with Gasteiger partial charge in [0.1, 0.15) is 5.82 Å². The summed E-state index contributed by atoms with van der Waals surface area (Å²) in [6.07, 6.45) is 1.29. The molecule has 0 amide bonds. The van der Waals surface area contributed by atoms with E-state index in [1.807, 2.05) is 0 Å². The van der Waals surface area contributed by atoms with Gasteiger partial charge in [-0.15, -0.1) is 0 Å². The fourth-order valence-electron chi connectivity index (χ4n) is 1.72. The molecule has 2 aromatic rings. The van der Waals surface area contributed by atoms with Crippen LogP contribution in [0.3, 0.4) is 0 Å². The number of nitrogens with two attached hydrogens (primary N) is 1. The van der Waals surface area contributed by atoms with Gasteiger partial charge in [0.25, 0.3) is 0 Å². The molecule has 94 valence electrons. The summed E-state index contributed by atoms with van der Waals surface area (Å²) in [5, 5.41) is 11.2. The van der Waals surface area contributed by atoms with Gasteiger partial charge < -0.3 is 10.8 Å². The number of aromatic nitrogens is 1. The van der Waals surface area contributed by atoms with E-state index in [1.165, 1.54) is 0 Å². The first kappa shape index (κ1) is 13.1. The summed E-state index contributed by atoms with van der Waals surface area (Å²) in [6, 6.07) is 8.55. The van der Waals surface area contributed by atoms with E-state index in [-0.39, 0.29) is 0 Å². The summed E-state index contributed by atoms with van der Waals surface area (Å²) in [5.41, 5.74) is 7.09. The van der Waals surface area contributed by atoms with Gasteiger partial charge in [-0.05, 0) is 35.9 Å². The Kier molecular flexibility index (Phi) is 4.07. The summed E-state index contributed by atoms with van der Waals surface area (Å²) >= 11 is 11.9. The largest absolute Gasteiger partial charge is 0.388 e. The molecule has 1 unspecified atom stereocenters. The minimum Gasteiger partial charge on any atom is -0.388 e. The van der Waals surface area contributed by atoms with Crippen molar-refractivity contribution < 1.29 is 5.11 Å². The number of pyridine rings is 1. The summed E-state index contributed by atoms with van der Waals surface area (Å²) in [7, 11) is 0. The van der Waals surface area contributed by atoms with Gasteiger partial charge in [-0.3, -0.25) is 0 Å². The van der Waals surface area contributed by atoms with E-state index >= 15 is 0 Å². The Bertz CT molecular complexity index is 560. The van der Waals surface area contributed by atoms with Crippen LogP contribution in [0, 0.1) is 0 Å². The molecule has 1 aromatic carbocycles. The van der Waals surface area contributed by atoms with Gasteiger partial charge in [0.2, 0.25) is 0 Å². The second kappa shape index (κ2) is 5.57. The highest BCUT2D eigenvalue weighted by Crippen LogP contribution is 2.28. The molecule has 1 aromatic heterocycles. The van der Waals surface area contributed by atoms with Crippen LogP contribution >= 0.6 is 23.2 Å². The lowest BCUT2D eigenvalue weighted by Crippen LogP contribution is -2.03. The second-order valence-electron chi connectivity index (χ2n) is 3.97. The number of halogens is 2. The number of benzene rings is 1. The van der Waals surface area contributed by atoms with Gasteiger partial charge in [0.05, 0.1) is 6.10 Å². The zero-order chi connectivity index (χ0) is 13.1. The van der Waals surface area contributed by atoms with E-state index in [0.717, 1.165) is 5.56 Å². The summed E-state index contributed by atoms with van der Waals surface area (Å²) in [5.74, 6) is 0.428. The van der Waals surface area contributed by atoms with Crippen molar-refractivity contribution in [3.05, 3.63) is 57.7 Å². The quantitative estimate of drug-likeness (QED) is 0.909. The highest BCUT2D eigenvalue weighted by molar-refractivity contribution is 6.33. The first-order valence-corrected chi connectivity index (χ1v) is 6.15. The minimum atomic E-state index is -0.724. The topological polar surface area (TPSA) is 59.1 Å². The van der Waals surface area contributed by atoms with E-state index in [1.54, 1.807) is 36.5 Å². The Morgan fingerprint density at radius 1 is 1.22 bits per heavy atom. The molecule has 0 fully saturated rings. The molecule has 0 saturated carbocycles. The maximum atomic E-state index is 10.2. The third kappa shape index (κ3) is 3.13. The average Bonchev–Trinajstić information content (AvgIpc) is 2.32. The number of nitrogen functional groups attached to an aromatic ring is 1. The summed E-state index contributed by atoms with van der Waals surface area (Å²) < 4.78 is 0. The normalized spacial score (nSPS) is 12.4. The van der Waals surface area contributed by atoms with Crippen LogP contribution in [0.4, 0.5) is 5.82 Å². The number of nitrogens with zero attached hydrogens (tertiary/aromatic N) is 1. The highest BCUT2D eigenvalue weighted by atomic mass is 35.5. The van der Waals surface area contributed by atoms with E-state index in [9.17, 15) is 5.11 Å². The van der Waals surface area contributed by atoms with Crippen molar-refractivity contribution >= 4 is 29.0 Å². The molecular weight excluding hydrogens is 271 g/mol. The predicted molar refractivity (Wildman–Crippen MR) is 73.8 cm³/mol. The zero-order valence-electron chi connectivity index (χ0n) is 9.48. The van der Waals surface area contributed by atoms with Crippen LogP contribution in [-0.4, -0.2) is 10.1 Å². The van der Waals surface area contributed by atoms with Crippen LogP contribution in [-0.2, 0) is 6.42 Å². The Morgan fingerprint density at radius 3 is 2.72 bits per heavy atom. The van der Waals surface area contributed by atoms with Crippen molar-refractivity contribution in [1.82, 2.24) is 4.98 Å². The van der Waals surface area contributed by atoms with Gasteiger partial charge in [-0.2, -0.15) is 0 Å². The van der Waals surface area contributed by atoms with Gasteiger partial charge in [-0.25, -0.2) is 4.98 Å². The molecule has 0 aliphatic carbocycles. The Balaban J connectivity index is 2.21. The van der Waals surface area contributed by atoms with Gasteiger partial charge in [0.15, 0.2) is 0 Å². The molecule has 1 heterocycles. The minimum absolute atomic E-state index is 0.410. The number of rotatable bonds is 3. The van der Waals surface area contributed by atoms with Crippen molar-refractivity contribution in [3.63, 3.8) is 0 Å². The predicted octanol–water partition coefficient (Wildman–Crippen LogP) is 3.25. The molecule has 0 bridgehead atoms. The zero-order valence-corrected chi connectivity index (χ0v) is 11.0. The molecule has 5 heteroatoms. The molecule has 0 aliphatic rings. The lowest BCUT2D eigenvalue weighted by Gasteiger charge is -2.13. The second-order valence-corrected chi connectivity index (χ2v) is 4.82. The van der Waals surface area contributed by atoms with Crippen LogP contribution in [0.15, 0.2) is 36.5 Å². The monoisotopic (exact) mass is 282 g/mol. The lowest BCUT2D eigenvalue weighted by molar-refractivity contribution is 0.178. The van der Waals surface area contributed by atoms with Crippen LogP contribution in [0.2, 0.25) is 10.0 Å². The Morgan fingerprint density at radius 2 is 2.00 bits per heavy atom. The molecule has 3 nitrogen and oxygen atoms in total. The number of aliphatic hydroxyl groups excluding tert-OH is 1. The smallest absolute Gasteiger partial charge is 0.123 e. The van der Waals surface area contributed by atoms with Crippen LogP contribution in [0.25, 0.3) is 0 Å². The number of aliphatic hydroxyl groups is 1. The average molecular weight is 283 g/mol. The molecule has 3 N–H and O–H groups in total. The summed E-state index contributed by atoms with van der Waals surface area (Å²) in [4.78, 5) is 3.90. The molecule has 18 heavy (non-hydrogen) atoms. The highest BCUT2D eigenvalue weighted by Gasteiger charge is 2.13. The molecule has 0 aliphatic heterocycles. The number of anilines is 1. The fraction of sp³-hybridized carbons (Fsp3) is 0.154. The first-order valence-electron chi connectivity index (χ1n) is 5.39. The fourth-order valence-corrected chi connectivity index (χ4v) is 2.15. The number of hydrogen-bond donors (Lipinski definition) is 2. The van der Waals surface area contributed by atoms with E-state index in [2.05, 4.69) is 4.98 Å². The lowest BCUT2D eigenvalue weighted by atomic mass is 10.0. The van der Waals surface area contributed by atoms with Crippen LogP contribution in [0.1, 0.15) is 17.2 Å². The molecule has 0 spiro atoms. The van der Waals surface area contributed by atoms with E-state index < -0.39 is 6.10 Å². The van der Waals surface area contributed by atoms with Crippen molar-refractivity contribution in [2.45, 2.75) is 12.5 Å². The van der Waals surface area contributed by atoms with Crippen LogP contribution in [0.5, 0.6) is 0 Å². The SMILES string of the molecule is Nc1cc(CC(O)c2cc(Cl)ccc2Cl)ccn1. The molecule has 2 rings (SSSR count). The van der Waals surface area contributed by atoms with Crippen molar-refractivity contribution in [2.24, 2.45) is 0 Å². The Labute approximate surface area is 115 Å². The van der Waals surface area contributed by atoms with E-state index in [0.29, 0.717) is 27.8 Å². The van der Waals surface area contributed by atoms with E-state index in [4.69, 9.17) is 28.9 Å². The maximum absolute atomic E-state index is 10.2.